The Hall–Kier alpha value is -3.08. The molecule has 4 aromatic rings. The average Bonchev–Trinajstić information content (AvgIpc) is 3.07. The molecule has 0 spiro atoms. The third-order valence-corrected chi connectivity index (χ3v) is 5.39. The number of carbonyl (C=O) groups excluding carboxylic acids is 1. The first kappa shape index (κ1) is 20.2. The van der Waals surface area contributed by atoms with E-state index in [1.165, 1.54) is 17.2 Å². The highest BCUT2D eigenvalue weighted by Gasteiger charge is 2.10. The smallest absolute Gasteiger partial charge is 0.272 e. The van der Waals surface area contributed by atoms with E-state index in [0.29, 0.717) is 10.6 Å². The Labute approximate surface area is 184 Å². The molecule has 0 saturated carbocycles. The van der Waals surface area contributed by atoms with E-state index in [9.17, 15) is 4.79 Å². The van der Waals surface area contributed by atoms with Crippen molar-refractivity contribution in [1.29, 1.82) is 0 Å². The number of aromatic nitrogens is 1. The van der Waals surface area contributed by atoms with Crippen molar-refractivity contribution in [3.63, 3.8) is 0 Å². The zero-order valence-corrected chi connectivity index (χ0v) is 17.8. The molecule has 4 rings (SSSR count). The molecule has 0 aliphatic carbocycles. The molecule has 0 unspecified atom stereocenters. The lowest BCUT2D eigenvalue weighted by atomic mass is 10.1. The topological polar surface area (TPSA) is 46.4 Å². The van der Waals surface area contributed by atoms with Crippen molar-refractivity contribution in [3.05, 3.63) is 105 Å². The van der Waals surface area contributed by atoms with Crippen LogP contribution in [0.4, 0.5) is 0 Å². The highest BCUT2D eigenvalue weighted by atomic mass is 35.5. The highest BCUT2D eigenvalue weighted by molar-refractivity contribution is 6.36. The summed E-state index contributed by atoms with van der Waals surface area (Å²) in [6.07, 6.45) is 3.69. The van der Waals surface area contributed by atoms with Gasteiger partial charge in [-0.2, -0.15) is 5.10 Å². The first-order chi connectivity index (χ1) is 14.5. The Bertz CT molecular complexity index is 1240. The Balaban J connectivity index is 1.56. The van der Waals surface area contributed by atoms with Crippen LogP contribution in [0.25, 0.3) is 10.9 Å². The summed E-state index contributed by atoms with van der Waals surface area (Å²) < 4.78 is 2.18. The second kappa shape index (κ2) is 8.74. The lowest BCUT2D eigenvalue weighted by molar-refractivity contribution is 0.0955. The average molecular weight is 436 g/mol. The second-order valence-electron chi connectivity index (χ2n) is 7.04. The number of fused-ring (bicyclic) bond motifs is 1. The third kappa shape index (κ3) is 4.40. The predicted molar refractivity (Wildman–Crippen MR) is 124 cm³/mol. The third-order valence-electron chi connectivity index (χ3n) is 4.84. The molecule has 3 aromatic carbocycles. The van der Waals surface area contributed by atoms with E-state index in [0.717, 1.165) is 23.0 Å². The predicted octanol–water partition coefficient (Wildman–Crippen LogP) is 6.07. The van der Waals surface area contributed by atoms with Crippen LogP contribution in [0.5, 0.6) is 0 Å². The first-order valence-corrected chi connectivity index (χ1v) is 10.2. The number of aryl methyl sites for hydroxylation is 1. The van der Waals surface area contributed by atoms with Crippen LogP contribution in [0.1, 0.15) is 27.0 Å². The van der Waals surface area contributed by atoms with Crippen molar-refractivity contribution in [1.82, 2.24) is 9.99 Å². The van der Waals surface area contributed by atoms with Gasteiger partial charge >= 0.3 is 0 Å². The van der Waals surface area contributed by atoms with Crippen molar-refractivity contribution in [2.45, 2.75) is 13.5 Å². The number of benzene rings is 3. The number of rotatable bonds is 5. The molecule has 150 valence electrons. The van der Waals surface area contributed by atoms with Crippen molar-refractivity contribution in [2.75, 3.05) is 0 Å². The fraction of sp³-hybridized carbons (Fsp3) is 0.0833. The number of amides is 1. The fourth-order valence-corrected chi connectivity index (χ4v) is 3.79. The number of nitrogens with zero attached hydrogens (tertiary/aromatic N) is 2. The van der Waals surface area contributed by atoms with Crippen LogP contribution in [-0.4, -0.2) is 16.7 Å². The van der Waals surface area contributed by atoms with Crippen molar-refractivity contribution >= 4 is 46.2 Å². The molecule has 0 fully saturated rings. The Kier molecular flexibility index (Phi) is 5.88. The van der Waals surface area contributed by atoms with Gasteiger partial charge in [-0.15, -0.1) is 0 Å². The van der Waals surface area contributed by atoms with Crippen molar-refractivity contribution in [3.8, 4) is 0 Å². The second-order valence-corrected chi connectivity index (χ2v) is 7.88. The van der Waals surface area contributed by atoms with E-state index in [1.807, 2.05) is 24.4 Å². The van der Waals surface area contributed by atoms with Crippen molar-refractivity contribution in [2.24, 2.45) is 5.10 Å². The number of nitrogens with one attached hydrogen (secondary N) is 1. The largest absolute Gasteiger partial charge is 0.342 e. The number of hydrogen-bond donors (Lipinski definition) is 1. The molecule has 0 atom stereocenters. The molecule has 0 bridgehead atoms. The molecule has 1 N–H and O–H groups in total. The molecule has 6 heteroatoms. The van der Waals surface area contributed by atoms with Crippen LogP contribution in [0, 0.1) is 6.92 Å². The number of halogens is 2. The molecule has 30 heavy (non-hydrogen) atoms. The van der Waals surface area contributed by atoms with Gasteiger partial charge in [0, 0.05) is 34.2 Å². The van der Waals surface area contributed by atoms with Gasteiger partial charge in [0.2, 0.25) is 0 Å². The van der Waals surface area contributed by atoms with E-state index in [4.69, 9.17) is 23.2 Å². The lowest BCUT2D eigenvalue weighted by Crippen LogP contribution is -2.18. The lowest BCUT2D eigenvalue weighted by Gasteiger charge is -2.06. The van der Waals surface area contributed by atoms with Crippen LogP contribution < -0.4 is 5.43 Å². The van der Waals surface area contributed by atoms with Gasteiger partial charge < -0.3 is 4.57 Å². The Morgan fingerprint density at radius 2 is 1.83 bits per heavy atom. The summed E-state index contributed by atoms with van der Waals surface area (Å²) in [7, 11) is 0. The summed E-state index contributed by atoms with van der Waals surface area (Å²) in [4.78, 5) is 12.3. The summed E-state index contributed by atoms with van der Waals surface area (Å²) >= 11 is 12.0. The van der Waals surface area contributed by atoms with E-state index in [2.05, 4.69) is 52.3 Å². The summed E-state index contributed by atoms with van der Waals surface area (Å²) in [5.74, 6) is -0.392. The maximum Gasteiger partial charge on any atom is 0.272 e. The SMILES string of the molecule is Cc1ccc(Cn2cc(/C=N\NC(=O)c3ccc(Cl)cc3Cl)c3ccccc32)cc1. The monoisotopic (exact) mass is 435 g/mol. The molecule has 0 aliphatic rings. The van der Waals surface area contributed by atoms with Gasteiger partial charge in [-0.05, 0) is 36.8 Å². The van der Waals surface area contributed by atoms with E-state index < -0.39 is 5.91 Å². The summed E-state index contributed by atoms with van der Waals surface area (Å²) in [6, 6.07) is 21.3. The van der Waals surface area contributed by atoms with Crippen LogP contribution in [0.3, 0.4) is 0 Å². The molecule has 0 radical (unpaired) electrons. The molecule has 0 aliphatic heterocycles. The normalized spacial score (nSPS) is 11.3. The van der Waals surface area contributed by atoms with Gasteiger partial charge in [-0.3, -0.25) is 4.79 Å². The minimum absolute atomic E-state index is 0.282. The standard InChI is InChI=1S/C24H19Cl2N3O/c1-16-6-8-17(9-7-16)14-29-15-18(20-4-2-3-5-23(20)29)13-27-28-24(30)21-11-10-19(25)12-22(21)26/h2-13,15H,14H2,1H3,(H,28,30)/b27-13-. The zero-order chi connectivity index (χ0) is 21.1. The summed E-state index contributed by atoms with van der Waals surface area (Å²) in [5, 5.41) is 5.95. The van der Waals surface area contributed by atoms with Crippen LogP contribution in [-0.2, 0) is 6.54 Å². The van der Waals surface area contributed by atoms with Crippen molar-refractivity contribution < 1.29 is 4.79 Å². The maximum atomic E-state index is 12.3. The van der Waals surface area contributed by atoms with Crippen LogP contribution in [0.15, 0.2) is 78.0 Å². The van der Waals surface area contributed by atoms with Gasteiger partial charge in [-0.1, -0.05) is 71.2 Å². The van der Waals surface area contributed by atoms with Gasteiger partial charge in [0.15, 0.2) is 0 Å². The number of carbonyl (C=O) groups is 1. The fourth-order valence-electron chi connectivity index (χ4n) is 3.29. The van der Waals surface area contributed by atoms with Gasteiger partial charge in [-0.25, -0.2) is 5.43 Å². The highest BCUT2D eigenvalue weighted by Crippen LogP contribution is 2.22. The molecule has 4 nitrogen and oxygen atoms in total. The van der Waals surface area contributed by atoms with E-state index >= 15 is 0 Å². The first-order valence-electron chi connectivity index (χ1n) is 9.43. The van der Waals surface area contributed by atoms with Crippen LogP contribution >= 0.6 is 23.2 Å². The molecule has 1 amide bonds. The molecular weight excluding hydrogens is 417 g/mol. The maximum absolute atomic E-state index is 12.3. The molecule has 1 heterocycles. The molecule has 0 saturated heterocycles. The van der Waals surface area contributed by atoms with E-state index in [-0.39, 0.29) is 5.02 Å². The molecular formula is C24H19Cl2N3O. The minimum Gasteiger partial charge on any atom is -0.342 e. The van der Waals surface area contributed by atoms with Gasteiger partial charge in [0.25, 0.3) is 5.91 Å². The van der Waals surface area contributed by atoms with Crippen LogP contribution in [0.2, 0.25) is 10.0 Å². The van der Waals surface area contributed by atoms with E-state index in [1.54, 1.807) is 18.3 Å². The molecule has 1 aromatic heterocycles. The summed E-state index contributed by atoms with van der Waals surface area (Å²) in [5.41, 5.74) is 7.33. The zero-order valence-electron chi connectivity index (χ0n) is 16.3. The number of hydrogen-bond acceptors (Lipinski definition) is 2. The van der Waals surface area contributed by atoms with Gasteiger partial charge in [0.05, 0.1) is 16.8 Å². The quantitative estimate of drug-likeness (QED) is 0.300. The summed E-state index contributed by atoms with van der Waals surface area (Å²) in [6.45, 7) is 2.83. The Morgan fingerprint density at radius 1 is 1.07 bits per heavy atom. The number of para-hydroxylation sites is 1. The minimum atomic E-state index is -0.392. The van der Waals surface area contributed by atoms with Gasteiger partial charge in [0.1, 0.15) is 0 Å². The number of hydrazone groups is 1. The Morgan fingerprint density at radius 3 is 2.60 bits per heavy atom.